The first-order valence-corrected chi connectivity index (χ1v) is 10.6. The zero-order valence-electron chi connectivity index (χ0n) is 18.8. The molecular formula is C27H25N3O3. The fourth-order valence-corrected chi connectivity index (χ4v) is 3.35. The number of methoxy groups -OCH3 is 1. The Labute approximate surface area is 193 Å². The van der Waals surface area contributed by atoms with Crippen LogP contribution in [-0.2, 0) is 0 Å². The summed E-state index contributed by atoms with van der Waals surface area (Å²) in [5.41, 5.74) is 4.39. The summed E-state index contributed by atoms with van der Waals surface area (Å²) in [5, 5.41) is 3.03. The maximum atomic E-state index is 12.8. The quantitative estimate of drug-likeness (QED) is 0.397. The first kappa shape index (κ1) is 22.0. The Balaban J connectivity index is 1.46. The maximum Gasteiger partial charge on any atom is 0.251 e. The van der Waals surface area contributed by atoms with Crippen LogP contribution in [0.15, 0.2) is 85.2 Å². The van der Waals surface area contributed by atoms with Gasteiger partial charge in [-0.1, -0.05) is 35.9 Å². The van der Waals surface area contributed by atoms with Crippen LogP contribution >= 0.6 is 0 Å². The highest BCUT2D eigenvalue weighted by Gasteiger charge is 2.13. The van der Waals surface area contributed by atoms with Gasteiger partial charge in [-0.05, 0) is 61.9 Å². The second kappa shape index (κ2) is 9.96. The normalized spacial score (nSPS) is 11.5. The molecule has 6 heteroatoms. The van der Waals surface area contributed by atoms with Gasteiger partial charge >= 0.3 is 0 Å². The number of rotatable bonds is 7. The monoisotopic (exact) mass is 439 g/mol. The second-order valence-corrected chi connectivity index (χ2v) is 7.71. The van der Waals surface area contributed by atoms with Crippen LogP contribution in [-0.4, -0.2) is 23.0 Å². The molecule has 0 aliphatic carbocycles. The molecule has 1 heterocycles. The van der Waals surface area contributed by atoms with Crippen molar-refractivity contribution in [1.82, 2.24) is 15.3 Å². The molecule has 0 fully saturated rings. The molecule has 1 atom stereocenters. The molecule has 6 nitrogen and oxygen atoms in total. The standard InChI is InChI=1S/C27H25N3O3/c1-18-7-9-20(10-8-18)19(2)30-27(31)22-5-4-6-24(15-22)33-26-16-25(28-17-29-26)21-11-13-23(32-3)14-12-21/h4-17,19H,1-3H3,(H,30,31). The Morgan fingerprint density at radius 1 is 0.909 bits per heavy atom. The van der Waals surface area contributed by atoms with E-state index >= 15 is 0 Å². The number of amides is 1. The van der Waals surface area contributed by atoms with Crippen LogP contribution in [0.1, 0.15) is 34.5 Å². The van der Waals surface area contributed by atoms with Crippen molar-refractivity contribution in [2.75, 3.05) is 7.11 Å². The first-order valence-electron chi connectivity index (χ1n) is 10.6. The number of benzene rings is 3. The van der Waals surface area contributed by atoms with Crippen molar-refractivity contribution in [1.29, 1.82) is 0 Å². The summed E-state index contributed by atoms with van der Waals surface area (Å²) in [6.45, 7) is 4.00. The Hall–Kier alpha value is -4.19. The minimum Gasteiger partial charge on any atom is -0.497 e. The highest BCUT2D eigenvalue weighted by Crippen LogP contribution is 2.26. The summed E-state index contributed by atoms with van der Waals surface area (Å²) in [7, 11) is 1.63. The van der Waals surface area contributed by atoms with E-state index < -0.39 is 0 Å². The summed E-state index contributed by atoms with van der Waals surface area (Å²) in [4.78, 5) is 21.3. The Kier molecular flexibility index (Phi) is 6.64. The zero-order valence-corrected chi connectivity index (χ0v) is 18.8. The smallest absolute Gasteiger partial charge is 0.251 e. The van der Waals surface area contributed by atoms with Crippen molar-refractivity contribution < 1.29 is 14.3 Å². The van der Waals surface area contributed by atoms with Gasteiger partial charge in [0.2, 0.25) is 5.88 Å². The highest BCUT2D eigenvalue weighted by atomic mass is 16.5. The molecule has 33 heavy (non-hydrogen) atoms. The Bertz CT molecular complexity index is 1240. The van der Waals surface area contributed by atoms with Crippen LogP contribution in [0.25, 0.3) is 11.3 Å². The minimum absolute atomic E-state index is 0.114. The number of hydrogen-bond acceptors (Lipinski definition) is 5. The molecule has 1 unspecified atom stereocenters. The van der Waals surface area contributed by atoms with Gasteiger partial charge < -0.3 is 14.8 Å². The van der Waals surface area contributed by atoms with Crippen molar-refractivity contribution in [2.24, 2.45) is 0 Å². The molecule has 0 spiro atoms. The molecule has 1 N–H and O–H groups in total. The average molecular weight is 440 g/mol. The molecule has 4 aromatic rings. The number of nitrogens with one attached hydrogen (secondary N) is 1. The number of ether oxygens (including phenoxy) is 2. The largest absolute Gasteiger partial charge is 0.497 e. The molecule has 0 radical (unpaired) electrons. The fraction of sp³-hybridized carbons (Fsp3) is 0.148. The predicted octanol–water partition coefficient (Wildman–Crippen LogP) is 5.74. The van der Waals surface area contributed by atoms with Crippen molar-refractivity contribution in [2.45, 2.75) is 19.9 Å². The van der Waals surface area contributed by atoms with Crippen LogP contribution in [0.2, 0.25) is 0 Å². The van der Waals surface area contributed by atoms with Crippen LogP contribution in [0.5, 0.6) is 17.4 Å². The summed E-state index contributed by atoms with van der Waals surface area (Å²) >= 11 is 0. The predicted molar refractivity (Wildman–Crippen MR) is 128 cm³/mol. The summed E-state index contributed by atoms with van der Waals surface area (Å²) in [6.07, 6.45) is 1.45. The topological polar surface area (TPSA) is 73.3 Å². The van der Waals surface area contributed by atoms with Gasteiger partial charge in [-0.15, -0.1) is 0 Å². The molecule has 0 aliphatic heterocycles. The van der Waals surface area contributed by atoms with E-state index in [9.17, 15) is 4.79 Å². The molecule has 4 rings (SSSR count). The van der Waals surface area contributed by atoms with E-state index in [1.807, 2.05) is 62.4 Å². The van der Waals surface area contributed by atoms with Gasteiger partial charge in [0.1, 0.15) is 17.8 Å². The zero-order chi connectivity index (χ0) is 23.2. The van der Waals surface area contributed by atoms with Crippen LogP contribution in [0.3, 0.4) is 0 Å². The molecule has 0 saturated carbocycles. The van der Waals surface area contributed by atoms with Crippen LogP contribution < -0.4 is 14.8 Å². The first-order chi connectivity index (χ1) is 16.0. The highest BCUT2D eigenvalue weighted by molar-refractivity contribution is 5.94. The van der Waals surface area contributed by atoms with E-state index in [2.05, 4.69) is 15.3 Å². The SMILES string of the molecule is COc1ccc(-c2cc(Oc3cccc(C(=O)NC(C)c4ccc(C)cc4)c3)ncn2)cc1. The Morgan fingerprint density at radius 3 is 2.39 bits per heavy atom. The third-order valence-electron chi connectivity index (χ3n) is 5.27. The van der Waals surface area contributed by atoms with E-state index in [1.165, 1.54) is 11.9 Å². The lowest BCUT2D eigenvalue weighted by atomic mass is 10.1. The molecule has 1 aromatic heterocycles. The molecule has 0 bridgehead atoms. The summed E-state index contributed by atoms with van der Waals surface area (Å²) < 4.78 is 11.1. The van der Waals surface area contributed by atoms with Gasteiger partial charge in [0.15, 0.2) is 0 Å². The van der Waals surface area contributed by atoms with Crippen molar-refractivity contribution >= 4 is 5.91 Å². The number of nitrogens with zero attached hydrogens (tertiary/aromatic N) is 2. The third-order valence-corrected chi connectivity index (χ3v) is 5.27. The lowest BCUT2D eigenvalue weighted by Gasteiger charge is -2.15. The third kappa shape index (κ3) is 5.54. The number of carbonyl (C=O) groups is 1. The molecule has 1 amide bonds. The van der Waals surface area contributed by atoms with E-state index in [0.717, 1.165) is 22.6 Å². The lowest BCUT2D eigenvalue weighted by Crippen LogP contribution is -2.26. The van der Waals surface area contributed by atoms with Crippen molar-refractivity contribution in [3.8, 4) is 28.6 Å². The van der Waals surface area contributed by atoms with Crippen LogP contribution in [0.4, 0.5) is 0 Å². The molecule has 0 aliphatic rings. The number of carbonyl (C=O) groups excluding carboxylic acids is 1. The van der Waals surface area contributed by atoms with Crippen molar-refractivity contribution in [3.63, 3.8) is 0 Å². The number of aryl methyl sites for hydroxylation is 1. The van der Waals surface area contributed by atoms with Crippen molar-refractivity contribution in [3.05, 3.63) is 102 Å². The van der Waals surface area contributed by atoms with Gasteiger partial charge in [0.25, 0.3) is 5.91 Å². The van der Waals surface area contributed by atoms with E-state index in [1.54, 1.807) is 37.4 Å². The van der Waals surface area contributed by atoms with E-state index in [0.29, 0.717) is 17.2 Å². The van der Waals surface area contributed by atoms with Gasteiger partial charge in [0, 0.05) is 17.2 Å². The molecular weight excluding hydrogens is 414 g/mol. The summed E-state index contributed by atoms with van der Waals surface area (Å²) in [5.74, 6) is 1.51. The van der Waals surface area contributed by atoms with E-state index in [4.69, 9.17) is 9.47 Å². The van der Waals surface area contributed by atoms with Gasteiger partial charge in [0.05, 0.1) is 18.8 Å². The van der Waals surface area contributed by atoms with Gasteiger partial charge in [-0.2, -0.15) is 0 Å². The van der Waals surface area contributed by atoms with Gasteiger partial charge in [-0.3, -0.25) is 4.79 Å². The van der Waals surface area contributed by atoms with Crippen LogP contribution in [0, 0.1) is 6.92 Å². The Morgan fingerprint density at radius 2 is 1.67 bits per heavy atom. The number of hydrogen-bond donors (Lipinski definition) is 1. The lowest BCUT2D eigenvalue weighted by molar-refractivity contribution is 0.0939. The van der Waals surface area contributed by atoms with Gasteiger partial charge in [-0.25, -0.2) is 9.97 Å². The second-order valence-electron chi connectivity index (χ2n) is 7.71. The molecule has 166 valence electrons. The molecule has 3 aromatic carbocycles. The maximum absolute atomic E-state index is 12.8. The van der Waals surface area contributed by atoms with E-state index in [-0.39, 0.29) is 11.9 Å². The average Bonchev–Trinajstić information content (AvgIpc) is 2.85. The minimum atomic E-state index is -0.171. The fourth-order valence-electron chi connectivity index (χ4n) is 3.35. The summed E-state index contributed by atoms with van der Waals surface area (Å²) in [6, 6.07) is 24.4. The molecule has 0 saturated heterocycles. The number of aromatic nitrogens is 2.